The molecular formula is C24H33NO2. The molecule has 0 fully saturated rings. The van der Waals surface area contributed by atoms with Crippen LogP contribution in [-0.4, -0.2) is 12.0 Å². The molecule has 0 unspecified atom stereocenters. The van der Waals surface area contributed by atoms with Crippen LogP contribution < -0.4 is 10.1 Å². The third-order valence-electron chi connectivity index (χ3n) is 5.06. The topological polar surface area (TPSA) is 38.3 Å². The van der Waals surface area contributed by atoms with E-state index in [1.807, 2.05) is 39.0 Å². The Morgan fingerprint density at radius 1 is 1.04 bits per heavy atom. The highest BCUT2D eigenvalue weighted by molar-refractivity contribution is 5.81. The molecule has 0 aliphatic carbocycles. The zero-order valence-electron chi connectivity index (χ0n) is 17.7. The molecule has 0 heterocycles. The van der Waals surface area contributed by atoms with E-state index in [0.717, 1.165) is 16.9 Å². The average molecular weight is 368 g/mol. The minimum Gasteiger partial charge on any atom is -0.481 e. The van der Waals surface area contributed by atoms with Crippen LogP contribution in [0.1, 0.15) is 69.3 Å². The fraction of sp³-hybridized carbons (Fsp3) is 0.458. The summed E-state index contributed by atoms with van der Waals surface area (Å²) in [5.41, 5.74) is 4.88. The van der Waals surface area contributed by atoms with Crippen molar-refractivity contribution in [1.82, 2.24) is 5.32 Å². The Bertz CT molecular complexity index is 772. The molecule has 2 rings (SSSR count). The van der Waals surface area contributed by atoms with Gasteiger partial charge in [-0.15, -0.1) is 0 Å². The summed E-state index contributed by atoms with van der Waals surface area (Å²) in [6.07, 6.45) is 0.123. The van der Waals surface area contributed by atoms with Crippen LogP contribution in [0.4, 0.5) is 0 Å². The summed E-state index contributed by atoms with van der Waals surface area (Å²) in [5.74, 6) is 0.658. The molecule has 2 aromatic carbocycles. The molecule has 0 aromatic heterocycles. The Hall–Kier alpha value is -2.29. The van der Waals surface area contributed by atoms with Gasteiger partial charge in [-0.2, -0.15) is 0 Å². The first kappa shape index (κ1) is 21.0. The number of hydrogen-bond acceptors (Lipinski definition) is 2. The van der Waals surface area contributed by atoms with Gasteiger partial charge in [-0.3, -0.25) is 4.79 Å². The number of hydrogen-bond donors (Lipinski definition) is 1. The Morgan fingerprint density at radius 3 is 2.19 bits per heavy atom. The van der Waals surface area contributed by atoms with E-state index in [9.17, 15) is 4.79 Å². The van der Waals surface area contributed by atoms with Gasteiger partial charge < -0.3 is 10.1 Å². The van der Waals surface area contributed by atoms with Crippen molar-refractivity contribution in [3.63, 3.8) is 0 Å². The van der Waals surface area contributed by atoms with Crippen molar-refractivity contribution in [3.05, 3.63) is 64.7 Å². The number of ether oxygens (including phenoxy) is 1. The maximum Gasteiger partial charge on any atom is 0.261 e. The predicted molar refractivity (Wildman–Crippen MR) is 112 cm³/mol. The second-order valence-corrected chi connectivity index (χ2v) is 8.36. The van der Waals surface area contributed by atoms with Crippen LogP contribution in [0.2, 0.25) is 0 Å². The van der Waals surface area contributed by atoms with E-state index >= 15 is 0 Å². The van der Waals surface area contributed by atoms with Gasteiger partial charge in [-0.1, -0.05) is 58.0 Å². The van der Waals surface area contributed by atoms with Gasteiger partial charge in [0.1, 0.15) is 5.75 Å². The standard InChI is InChI=1S/C24H33NO2/c1-8-22(27-21-14-9-16(2)17(3)15-21)23(26)25-18(4)19-10-12-20(13-11-19)24(5,6)7/h9-15,18,22H,8H2,1-7H3,(H,25,26)/t18-,22+/m0/s1. The molecule has 0 saturated heterocycles. The van der Waals surface area contributed by atoms with E-state index in [4.69, 9.17) is 4.74 Å². The van der Waals surface area contributed by atoms with Crippen molar-refractivity contribution in [2.24, 2.45) is 0 Å². The average Bonchev–Trinajstić information content (AvgIpc) is 2.61. The quantitative estimate of drug-likeness (QED) is 0.718. The predicted octanol–water partition coefficient (Wildman–Crippen LogP) is 5.64. The van der Waals surface area contributed by atoms with Gasteiger partial charge in [0.2, 0.25) is 0 Å². The van der Waals surface area contributed by atoms with Crippen LogP contribution in [0, 0.1) is 13.8 Å². The Kier molecular flexibility index (Phi) is 6.69. The Morgan fingerprint density at radius 2 is 1.67 bits per heavy atom. The molecular weight excluding hydrogens is 334 g/mol. The highest BCUT2D eigenvalue weighted by atomic mass is 16.5. The molecule has 3 heteroatoms. The molecule has 0 aliphatic rings. The lowest BCUT2D eigenvalue weighted by Crippen LogP contribution is -2.39. The number of carbonyl (C=O) groups is 1. The highest BCUT2D eigenvalue weighted by Gasteiger charge is 2.21. The summed E-state index contributed by atoms with van der Waals surface area (Å²) < 4.78 is 5.95. The molecule has 0 saturated carbocycles. The second-order valence-electron chi connectivity index (χ2n) is 8.36. The molecule has 2 atom stereocenters. The summed E-state index contributed by atoms with van der Waals surface area (Å²) in [7, 11) is 0. The minimum atomic E-state index is -0.497. The van der Waals surface area contributed by atoms with Crippen LogP contribution in [-0.2, 0) is 10.2 Å². The van der Waals surface area contributed by atoms with Gasteiger partial charge >= 0.3 is 0 Å². The number of amides is 1. The maximum atomic E-state index is 12.7. The summed E-state index contributed by atoms with van der Waals surface area (Å²) in [6, 6.07) is 14.3. The van der Waals surface area contributed by atoms with Crippen LogP contribution >= 0.6 is 0 Å². The fourth-order valence-corrected chi connectivity index (χ4v) is 2.94. The molecule has 0 bridgehead atoms. The monoisotopic (exact) mass is 367 g/mol. The first-order chi connectivity index (χ1) is 12.6. The SMILES string of the molecule is CC[C@@H](Oc1ccc(C)c(C)c1)C(=O)N[C@@H](C)c1ccc(C(C)(C)C)cc1. The third kappa shape index (κ3) is 5.59. The van der Waals surface area contributed by atoms with Crippen LogP contribution in [0.5, 0.6) is 5.75 Å². The molecule has 0 radical (unpaired) electrons. The lowest BCUT2D eigenvalue weighted by atomic mass is 9.86. The zero-order valence-corrected chi connectivity index (χ0v) is 17.7. The smallest absolute Gasteiger partial charge is 0.261 e. The number of aryl methyl sites for hydroxylation is 2. The Labute approximate surface area is 164 Å². The van der Waals surface area contributed by atoms with Crippen LogP contribution in [0.15, 0.2) is 42.5 Å². The van der Waals surface area contributed by atoms with Crippen LogP contribution in [0.3, 0.4) is 0 Å². The van der Waals surface area contributed by atoms with E-state index < -0.39 is 6.10 Å². The minimum absolute atomic E-state index is 0.0658. The van der Waals surface area contributed by atoms with Gasteiger partial charge in [0.15, 0.2) is 6.10 Å². The lowest BCUT2D eigenvalue weighted by molar-refractivity contribution is -0.128. The normalized spacial score (nSPS) is 13.7. The van der Waals surface area contributed by atoms with Gasteiger partial charge in [0.05, 0.1) is 6.04 Å². The highest BCUT2D eigenvalue weighted by Crippen LogP contribution is 2.24. The van der Waals surface area contributed by atoms with Gasteiger partial charge in [-0.25, -0.2) is 0 Å². The second kappa shape index (κ2) is 8.60. The fourth-order valence-electron chi connectivity index (χ4n) is 2.94. The number of carbonyl (C=O) groups excluding carboxylic acids is 1. The van der Waals surface area contributed by atoms with Gasteiger partial charge in [0.25, 0.3) is 5.91 Å². The zero-order chi connectivity index (χ0) is 20.2. The van der Waals surface area contributed by atoms with Crippen molar-refractivity contribution < 1.29 is 9.53 Å². The molecule has 3 nitrogen and oxygen atoms in total. The van der Waals surface area contributed by atoms with E-state index in [0.29, 0.717) is 6.42 Å². The molecule has 0 spiro atoms. The lowest BCUT2D eigenvalue weighted by Gasteiger charge is -2.23. The number of rotatable bonds is 6. The summed E-state index contributed by atoms with van der Waals surface area (Å²) in [6.45, 7) is 14.7. The third-order valence-corrected chi connectivity index (χ3v) is 5.06. The van der Waals surface area contributed by atoms with Crippen molar-refractivity contribution in [2.75, 3.05) is 0 Å². The molecule has 2 aromatic rings. The van der Waals surface area contributed by atoms with Gasteiger partial charge in [0, 0.05) is 0 Å². The van der Waals surface area contributed by atoms with E-state index in [2.05, 4.69) is 57.3 Å². The molecule has 1 N–H and O–H groups in total. The maximum absolute atomic E-state index is 12.7. The largest absolute Gasteiger partial charge is 0.481 e. The van der Waals surface area contributed by atoms with Crippen molar-refractivity contribution in [3.8, 4) is 5.75 Å². The van der Waals surface area contributed by atoms with Crippen LogP contribution in [0.25, 0.3) is 0 Å². The van der Waals surface area contributed by atoms with Crippen molar-refractivity contribution >= 4 is 5.91 Å². The van der Waals surface area contributed by atoms with E-state index in [1.165, 1.54) is 11.1 Å². The molecule has 1 amide bonds. The molecule has 27 heavy (non-hydrogen) atoms. The van der Waals surface area contributed by atoms with E-state index in [1.54, 1.807) is 0 Å². The summed E-state index contributed by atoms with van der Waals surface area (Å²) >= 11 is 0. The van der Waals surface area contributed by atoms with E-state index in [-0.39, 0.29) is 17.4 Å². The van der Waals surface area contributed by atoms with Gasteiger partial charge in [-0.05, 0) is 67.0 Å². The number of nitrogens with one attached hydrogen (secondary N) is 1. The number of benzene rings is 2. The van der Waals surface area contributed by atoms with Crippen molar-refractivity contribution in [1.29, 1.82) is 0 Å². The Balaban J connectivity index is 2.03. The summed E-state index contributed by atoms with van der Waals surface area (Å²) in [4.78, 5) is 12.7. The van der Waals surface area contributed by atoms with Crippen molar-refractivity contribution in [2.45, 2.75) is 72.4 Å². The molecule has 146 valence electrons. The first-order valence-corrected chi connectivity index (χ1v) is 9.76. The first-order valence-electron chi connectivity index (χ1n) is 9.76. The molecule has 0 aliphatic heterocycles. The summed E-state index contributed by atoms with van der Waals surface area (Å²) in [5, 5.41) is 3.09.